The topological polar surface area (TPSA) is 140 Å². The Morgan fingerprint density at radius 3 is 2.75 bits per heavy atom. The van der Waals surface area contributed by atoms with E-state index in [-0.39, 0.29) is 11.0 Å². The summed E-state index contributed by atoms with van der Waals surface area (Å²) in [6.45, 7) is -0.416. The van der Waals surface area contributed by atoms with Crippen LogP contribution in [-0.4, -0.2) is 59.8 Å². The summed E-state index contributed by atoms with van der Waals surface area (Å²) in [6, 6.07) is 0. The minimum atomic E-state index is -1.24. The van der Waals surface area contributed by atoms with E-state index < -0.39 is 31.1 Å². The first-order valence-corrected chi connectivity index (χ1v) is 6.29. The predicted octanol–water partition coefficient (Wildman–Crippen LogP) is -1.69. The van der Waals surface area contributed by atoms with Crippen molar-refractivity contribution in [2.24, 2.45) is 0 Å². The van der Waals surface area contributed by atoms with Gasteiger partial charge in [-0.2, -0.15) is 0 Å². The molecule has 20 heavy (non-hydrogen) atoms. The maximum atomic E-state index is 10.0. The second-order valence-electron chi connectivity index (χ2n) is 4.44. The number of aromatic nitrogens is 4. The number of thiol groups is 1. The number of nitrogens with zero attached hydrogens (tertiary/aromatic N) is 4. The number of hydrogen-bond donors (Lipinski definition) is 5. The Kier molecular flexibility index (Phi) is 3.26. The minimum absolute atomic E-state index is 0.177. The van der Waals surface area contributed by atoms with Gasteiger partial charge >= 0.3 is 0 Å². The molecule has 2 aromatic heterocycles. The van der Waals surface area contributed by atoms with Crippen molar-refractivity contribution < 1.29 is 20.1 Å². The van der Waals surface area contributed by atoms with Crippen molar-refractivity contribution in [1.82, 2.24) is 19.5 Å². The van der Waals surface area contributed by atoms with Gasteiger partial charge in [-0.15, -0.1) is 12.6 Å². The molecule has 10 heteroatoms. The summed E-state index contributed by atoms with van der Waals surface area (Å²) in [4.78, 5) is 12.0. The average molecular weight is 299 g/mol. The molecule has 0 spiro atoms. The van der Waals surface area contributed by atoms with Crippen LogP contribution >= 0.6 is 12.6 Å². The fourth-order valence-electron chi connectivity index (χ4n) is 2.24. The molecule has 3 heterocycles. The quantitative estimate of drug-likeness (QED) is 0.414. The molecule has 0 amide bonds. The highest BCUT2D eigenvalue weighted by atomic mass is 32.1. The number of aliphatic hydroxyl groups excluding tert-OH is 3. The maximum absolute atomic E-state index is 10.0. The minimum Gasteiger partial charge on any atom is -0.394 e. The molecule has 1 saturated heterocycles. The highest BCUT2D eigenvalue weighted by Gasteiger charge is 2.44. The Hall–Kier alpha value is -1.46. The van der Waals surface area contributed by atoms with Crippen LogP contribution in [-0.2, 0) is 4.74 Å². The summed E-state index contributed by atoms with van der Waals surface area (Å²) < 4.78 is 6.83. The second kappa shape index (κ2) is 4.82. The molecule has 0 radical (unpaired) electrons. The van der Waals surface area contributed by atoms with Crippen molar-refractivity contribution in [2.45, 2.75) is 29.7 Å². The van der Waals surface area contributed by atoms with Crippen LogP contribution in [0, 0.1) is 0 Å². The predicted molar refractivity (Wildman–Crippen MR) is 70.0 cm³/mol. The van der Waals surface area contributed by atoms with Crippen molar-refractivity contribution in [3.8, 4) is 0 Å². The molecule has 3 rings (SSSR count). The number of ether oxygens (including phenoxy) is 1. The molecule has 2 unspecified atom stereocenters. The second-order valence-corrected chi connectivity index (χ2v) is 4.84. The third-order valence-electron chi connectivity index (χ3n) is 3.26. The zero-order valence-electron chi connectivity index (χ0n) is 10.2. The summed E-state index contributed by atoms with van der Waals surface area (Å²) in [5.41, 5.74) is 6.36. The molecule has 2 aromatic rings. The third-order valence-corrected chi connectivity index (χ3v) is 3.57. The first-order valence-electron chi connectivity index (χ1n) is 5.84. The van der Waals surface area contributed by atoms with E-state index in [1.807, 2.05) is 0 Å². The van der Waals surface area contributed by atoms with E-state index in [1.54, 1.807) is 0 Å². The molecular formula is C10H13N5O4S. The largest absolute Gasteiger partial charge is 0.394 e. The number of anilines is 1. The number of nitrogen functional groups attached to an aromatic ring is 1. The monoisotopic (exact) mass is 299 g/mol. The average Bonchev–Trinajstić information content (AvgIpc) is 2.90. The number of aliphatic hydroxyl groups is 3. The van der Waals surface area contributed by atoms with E-state index >= 15 is 0 Å². The highest BCUT2D eigenvalue weighted by Crippen LogP contribution is 2.34. The van der Waals surface area contributed by atoms with Gasteiger partial charge in [-0.3, -0.25) is 4.57 Å². The van der Waals surface area contributed by atoms with Gasteiger partial charge in [-0.05, 0) is 0 Å². The van der Waals surface area contributed by atoms with Crippen molar-refractivity contribution in [1.29, 1.82) is 0 Å². The number of imidazole rings is 1. The van der Waals surface area contributed by atoms with Crippen LogP contribution in [0.15, 0.2) is 11.5 Å². The molecule has 5 N–H and O–H groups in total. The van der Waals surface area contributed by atoms with Crippen molar-refractivity contribution in [2.75, 3.05) is 12.3 Å². The van der Waals surface area contributed by atoms with Gasteiger partial charge in [0.2, 0.25) is 0 Å². The molecule has 0 saturated carbocycles. The summed E-state index contributed by atoms with van der Waals surface area (Å²) >= 11 is 4.20. The lowest BCUT2D eigenvalue weighted by molar-refractivity contribution is -0.0547. The smallest absolute Gasteiger partial charge is 0.169 e. The van der Waals surface area contributed by atoms with E-state index in [1.165, 1.54) is 10.9 Å². The van der Waals surface area contributed by atoms with Crippen LogP contribution in [0.5, 0.6) is 0 Å². The van der Waals surface area contributed by atoms with Crippen LogP contribution in [0.25, 0.3) is 11.2 Å². The first-order chi connectivity index (χ1) is 9.54. The van der Waals surface area contributed by atoms with Crippen LogP contribution in [0.4, 0.5) is 5.82 Å². The zero-order chi connectivity index (χ0) is 14.4. The van der Waals surface area contributed by atoms with Gasteiger partial charge in [0, 0.05) is 0 Å². The van der Waals surface area contributed by atoms with Gasteiger partial charge in [0.25, 0.3) is 0 Å². The fourth-order valence-corrected chi connectivity index (χ4v) is 2.55. The third kappa shape index (κ3) is 1.84. The van der Waals surface area contributed by atoms with Crippen LogP contribution < -0.4 is 5.73 Å². The van der Waals surface area contributed by atoms with Crippen molar-refractivity contribution >= 4 is 29.6 Å². The van der Waals surface area contributed by atoms with Gasteiger partial charge in [0.15, 0.2) is 28.4 Å². The Balaban J connectivity index is 2.11. The molecule has 0 aliphatic carbocycles. The standard InChI is InChI=1S/C10H13N5O4S/c11-7-4-8(13-2-12-7)15(10(20)14-4)9-6(18)5(17)3(1-16)19-9/h2-3,5-6,9,16-18H,1H2,(H,14,20)(H2,11,12,13)/t3-,5?,6?,9-/m1/s1. The van der Waals surface area contributed by atoms with E-state index in [9.17, 15) is 10.2 Å². The number of fused-ring (bicyclic) bond motifs is 1. The number of nitrogens with two attached hydrogens (primary N) is 1. The lowest BCUT2D eigenvalue weighted by Crippen LogP contribution is -2.33. The van der Waals surface area contributed by atoms with Crippen LogP contribution in [0.1, 0.15) is 6.23 Å². The Morgan fingerprint density at radius 2 is 2.10 bits per heavy atom. The Morgan fingerprint density at radius 1 is 1.35 bits per heavy atom. The summed E-state index contributed by atoms with van der Waals surface area (Å²) in [6.07, 6.45) is -3.06. The summed E-state index contributed by atoms with van der Waals surface area (Å²) in [5.74, 6) is 0.177. The molecule has 0 bridgehead atoms. The van der Waals surface area contributed by atoms with E-state index in [2.05, 4.69) is 27.6 Å². The van der Waals surface area contributed by atoms with Gasteiger partial charge in [-0.25, -0.2) is 15.0 Å². The van der Waals surface area contributed by atoms with E-state index in [0.717, 1.165) is 0 Å². The molecule has 9 nitrogen and oxygen atoms in total. The Bertz CT molecular complexity index is 650. The fraction of sp³-hybridized carbons (Fsp3) is 0.500. The van der Waals surface area contributed by atoms with Gasteiger partial charge in [0.1, 0.15) is 24.6 Å². The number of rotatable bonds is 2. The molecule has 108 valence electrons. The van der Waals surface area contributed by atoms with Crippen molar-refractivity contribution in [3.05, 3.63) is 6.33 Å². The highest BCUT2D eigenvalue weighted by molar-refractivity contribution is 7.80. The SMILES string of the molecule is Nc1ncnc2c1nc(S)n2[C@@H]1O[C@H](CO)C(O)C1O. The van der Waals surface area contributed by atoms with Crippen LogP contribution in [0.3, 0.4) is 0 Å². The molecule has 4 atom stereocenters. The molecular weight excluding hydrogens is 286 g/mol. The number of hydrogen-bond acceptors (Lipinski definition) is 9. The first kappa shape index (κ1) is 13.5. The van der Waals surface area contributed by atoms with Gasteiger partial charge in [0.05, 0.1) is 6.61 Å². The zero-order valence-corrected chi connectivity index (χ0v) is 11.1. The molecule has 1 fully saturated rings. The molecule has 1 aliphatic heterocycles. The van der Waals surface area contributed by atoms with Crippen LogP contribution in [0.2, 0.25) is 0 Å². The van der Waals surface area contributed by atoms with Crippen molar-refractivity contribution in [3.63, 3.8) is 0 Å². The normalized spacial score (nSPS) is 30.2. The van der Waals surface area contributed by atoms with E-state index in [4.69, 9.17) is 15.6 Å². The lowest BCUT2D eigenvalue weighted by atomic mass is 10.1. The summed E-state index contributed by atoms with van der Waals surface area (Å²) in [7, 11) is 0. The summed E-state index contributed by atoms with van der Waals surface area (Å²) in [5, 5.41) is 29.2. The van der Waals surface area contributed by atoms with Gasteiger partial charge in [-0.1, -0.05) is 0 Å². The van der Waals surface area contributed by atoms with Gasteiger partial charge < -0.3 is 25.8 Å². The Labute approximate surface area is 118 Å². The molecule has 0 aromatic carbocycles. The molecule has 1 aliphatic rings. The maximum Gasteiger partial charge on any atom is 0.169 e. The van der Waals surface area contributed by atoms with E-state index in [0.29, 0.717) is 11.2 Å². The lowest BCUT2D eigenvalue weighted by Gasteiger charge is -2.17.